The first-order valence-electron chi connectivity index (χ1n) is 9.01. The summed E-state index contributed by atoms with van der Waals surface area (Å²) in [6.07, 6.45) is 2.05. The van der Waals surface area contributed by atoms with E-state index in [-0.39, 0.29) is 11.8 Å². The van der Waals surface area contributed by atoms with Gasteiger partial charge < -0.3 is 15.2 Å². The van der Waals surface area contributed by atoms with Crippen molar-refractivity contribution in [1.82, 2.24) is 4.57 Å². The van der Waals surface area contributed by atoms with E-state index < -0.39 is 5.41 Å². The van der Waals surface area contributed by atoms with Crippen molar-refractivity contribution in [2.75, 3.05) is 10.6 Å². The fourth-order valence-electron chi connectivity index (χ4n) is 2.81. The van der Waals surface area contributed by atoms with Crippen LogP contribution in [0, 0.1) is 12.3 Å². The molecule has 3 aromatic rings. The SMILES string of the molecule is CCn1ccc2cc(NC(=O)c3sc(NC(=O)C(C)(C)C)cc3C)ccc21. The van der Waals surface area contributed by atoms with Gasteiger partial charge in [0.1, 0.15) is 0 Å². The molecule has 0 unspecified atom stereocenters. The minimum Gasteiger partial charge on any atom is -0.348 e. The third kappa shape index (κ3) is 4.06. The Labute approximate surface area is 163 Å². The third-order valence-corrected chi connectivity index (χ3v) is 5.56. The molecule has 3 rings (SSSR count). The molecule has 2 aromatic heterocycles. The topological polar surface area (TPSA) is 63.1 Å². The number of hydrogen-bond acceptors (Lipinski definition) is 3. The summed E-state index contributed by atoms with van der Waals surface area (Å²) in [5.41, 5.74) is 2.27. The Balaban J connectivity index is 1.77. The predicted octanol–water partition coefficient (Wildman–Crippen LogP) is 5.27. The van der Waals surface area contributed by atoms with Crippen molar-refractivity contribution in [1.29, 1.82) is 0 Å². The lowest BCUT2D eigenvalue weighted by Gasteiger charge is -2.16. The maximum Gasteiger partial charge on any atom is 0.266 e. The monoisotopic (exact) mass is 383 g/mol. The van der Waals surface area contributed by atoms with Gasteiger partial charge in [-0.1, -0.05) is 20.8 Å². The van der Waals surface area contributed by atoms with Crippen LogP contribution in [0.5, 0.6) is 0 Å². The Bertz CT molecular complexity index is 1010. The fraction of sp³-hybridized carbons (Fsp3) is 0.333. The maximum atomic E-state index is 12.7. The van der Waals surface area contributed by atoms with Crippen LogP contribution in [0.15, 0.2) is 36.5 Å². The molecule has 0 aliphatic rings. The summed E-state index contributed by atoms with van der Waals surface area (Å²) in [4.78, 5) is 25.5. The first kappa shape index (κ1) is 19.2. The first-order valence-corrected chi connectivity index (χ1v) is 9.83. The van der Waals surface area contributed by atoms with Crippen molar-refractivity contribution >= 4 is 44.7 Å². The van der Waals surface area contributed by atoms with E-state index >= 15 is 0 Å². The Morgan fingerprint density at radius 1 is 1.11 bits per heavy atom. The Kier molecular flexibility index (Phi) is 5.11. The maximum absolute atomic E-state index is 12.7. The van der Waals surface area contributed by atoms with Gasteiger partial charge in [-0.25, -0.2) is 0 Å². The fourth-order valence-corrected chi connectivity index (χ4v) is 3.77. The van der Waals surface area contributed by atoms with E-state index in [2.05, 4.69) is 22.1 Å². The van der Waals surface area contributed by atoms with Crippen LogP contribution in [0.2, 0.25) is 0 Å². The molecule has 2 heterocycles. The Hall–Kier alpha value is -2.60. The van der Waals surface area contributed by atoms with Gasteiger partial charge >= 0.3 is 0 Å². The van der Waals surface area contributed by atoms with E-state index in [1.807, 2.05) is 64.2 Å². The number of aromatic nitrogens is 1. The lowest BCUT2D eigenvalue weighted by atomic mass is 9.96. The number of rotatable bonds is 4. The molecule has 0 saturated carbocycles. The molecular formula is C21H25N3O2S. The summed E-state index contributed by atoms with van der Waals surface area (Å²) in [5.74, 6) is -0.232. The zero-order valence-electron chi connectivity index (χ0n) is 16.3. The summed E-state index contributed by atoms with van der Waals surface area (Å²) in [5, 5.41) is 7.64. The molecule has 0 radical (unpaired) electrons. The first-order chi connectivity index (χ1) is 12.7. The van der Waals surface area contributed by atoms with Crippen LogP contribution < -0.4 is 10.6 Å². The van der Waals surface area contributed by atoms with Gasteiger partial charge in [0.2, 0.25) is 5.91 Å². The largest absolute Gasteiger partial charge is 0.348 e. The Morgan fingerprint density at radius 3 is 2.52 bits per heavy atom. The van der Waals surface area contributed by atoms with E-state index in [0.29, 0.717) is 9.88 Å². The van der Waals surface area contributed by atoms with Crippen LogP contribution in [0.3, 0.4) is 0 Å². The molecule has 0 atom stereocenters. The molecule has 142 valence electrons. The molecule has 1 aromatic carbocycles. The second-order valence-electron chi connectivity index (χ2n) is 7.66. The number of carbonyl (C=O) groups excluding carboxylic acids is 2. The highest BCUT2D eigenvalue weighted by atomic mass is 32.1. The molecule has 0 spiro atoms. The highest BCUT2D eigenvalue weighted by Gasteiger charge is 2.23. The molecule has 5 nitrogen and oxygen atoms in total. The highest BCUT2D eigenvalue weighted by molar-refractivity contribution is 7.18. The van der Waals surface area contributed by atoms with Crippen molar-refractivity contribution in [2.24, 2.45) is 5.41 Å². The molecule has 2 N–H and O–H groups in total. The van der Waals surface area contributed by atoms with Gasteiger partial charge in [0, 0.05) is 34.7 Å². The number of hydrogen-bond donors (Lipinski definition) is 2. The number of benzene rings is 1. The van der Waals surface area contributed by atoms with E-state index in [4.69, 9.17) is 0 Å². The minimum atomic E-state index is -0.482. The van der Waals surface area contributed by atoms with Crippen LogP contribution in [0.4, 0.5) is 10.7 Å². The molecule has 0 saturated heterocycles. The lowest BCUT2D eigenvalue weighted by Crippen LogP contribution is -2.27. The summed E-state index contributed by atoms with van der Waals surface area (Å²) in [6.45, 7) is 10.5. The number of fused-ring (bicyclic) bond motifs is 1. The molecule has 0 bridgehead atoms. The minimum absolute atomic E-state index is 0.0680. The number of anilines is 2. The molecule has 6 heteroatoms. The van der Waals surface area contributed by atoms with Crippen LogP contribution >= 0.6 is 11.3 Å². The Morgan fingerprint density at radius 2 is 1.85 bits per heavy atom. The van der Waals surface area contributed by atoms with Gasteiger partial charge in [-0.2, -0.15) is 0 Å². The zero-order chi connectivity index (χ0) is 19.8. The number of carbonyl (C=O) groups is 2. The molecule has 2 amide bonds. The normalized spacial score (nSPS) is 11.6. The van der Waals surface area contributed by atoms with E-state index in [0.717, 1.165) is 28.7 Å². The lowest BCUT2D eigenvalue weighted by molar-refractivity contribution is -0.123. The third-order valence-electron chi connectivity index (χ3n) is 4.41. The van der Waals surface area contributed by atoms with E-state index in [1.54, 1.807) is 0 Å². The van der Waals surface area contributed by atoms with Gasteiger partial charge in [0.15, 0.2) is 0 Å². The van der Waals surface area contributed by atoms with Crippen LogP contribution in [-0.2, 0) is 11.3 Å². The second kappa shape index (κ2) is 7.19. The van der Waals surface area contributed by atoms with Crippen molar-refractivity contribution in [3.05, 3.63) is 47.0 Å². The van der Waals surface area contributed by atoms with Gasteiger partial charge in [-0.15, -0.1) is 11.3 Å². The number of nitrogens with one attached hydrogen (secondary N) is 2. The van der Waals surface area contributed by atoms with Crippen molar-refractivity contribution < 1.29 is 9.59 Å². The van der Waals surface area contributed by atoms with Gasteiger partial charge in [-0.05, 0) is 49.7 Å². The quantitative estimate of drug-likeness (QED) is 0.645. The number of nitrogens with zero attached hydrogens (tertiary/aromatic N) is 1. The van der Waals surface area contributed by atoms with Crippen molar-refractivity contribution in [3.63, 3.8) is 0 Å². The molecular weight excluding hydrogens is 358 g/mol. The smallest absolute Gasteiger partial charge is 0.266 e. The molecule has 27 heavy (non-hydrogen) atoms. The van der Waals surface area contributed by atoms with Gasteiger partial charge in [0.05, 0.1) is 9.88 Å². The van der Waals surface area contributed by atoms with Gasteiger partial charge in [-0.3, -0.25) is 9.59 Å². The molecule has 0 fully saturated rings. The van der Waals surface area contributed by atoms with Crippen LogP contribution in [0.25, 0.3) is 10.9 Å². The van der Waals surface area contributed by atoms with Crippen LogP contribution in [0.1, 0.15) is 42.9 Å². The standard InChI is InChI=1S/C21H25N3O2S/c1-6-24-10-9-14-12-15(7-8-16(14)24)22-19(25)18-13(2)11-17(27-18)23-20(26)21(3,4)5/h7-12H,6H2,1-5H3,(H,22,25)(H,23,26). The van der Waals surface area contributed by atoms with E-state index in [9.17, 15) is 9.59 Å². The number of aryl methyl sites for hydroxylation is 2. The summed E-state index contributed by atoms with van der Waals surface area (Å²) in [7, 11) is 0. The van der Waals surface area contributed by atoms with Gasteiger partial charge in [0.25, 0.3) is 5.91 Å². The summed E-state index contributed by atoms with van der Waals surface area (Å²) < 4.78 is 2.16. The van der Waals surface area contributed by atoms with Crippen molar-refractivity contribution in [2.45, 2.75) is 41.2 Å². The number of amides is 2. The summed E-state index contributed by atoms with van der Waals surface area (Å²) in [6, 6.07) is 9.80. The van der Waals surface area contributed by atoms with Crippen LogP contribution in [-0.4, -0.2) is 16.4 Å². The average molecular weight is 384 g/mol. The average Bonchev–Trinajstić information content (AvgIpc) is 3.16. The molecule has 0 aliphatic carbocycles. The highest BCUT2D eigenvalue weighted by Crippen LogP contribution is 2.29. The molecule has 0 aliphatic heterocycles. The number of thiophene rings is 1. The zero-order valence-corrected chi connectivity index (χ0v) is 17.2. The predicted molar refractivity (Wildman–Crippen MR) is 113 cm³/mol. The summed E-state index contributed by atoms with van der Waals surface area (Å²) >= 11 is 1.29. The second-order valence-corrected chi connectivity index (χ2v) is 8.71. The van der Waals surface area contributed by atoms with E-state index in [1.165, 1.54) is 11.3 Å². The van der Waals surface area contributed by atoms with Crippen molar-refractivity contribution in [3.8, 4) is 0 Å².